The van der Waals surface area contributed by atoms with Gasteiger partial charge in [-0.1, -0.05) is 6.07 Å². The van der Waals surface area contributed by atoms with Gasteiger partial charge in [0.2, 0.25) is 5.91 Å². The molecule has 1 amide bonds. The van der Waals surface area contributed by atoms with Crippen molar-refractivity contribution in [3.63, 3.8) is 0 Å². The van der Waals surface area contributed by atoms with Crippen LogP contribution in [-0.4, -0.2) is 26.1 Å². The van der Waals surface area contributed by atoms with Crippen molar-refractivity contribution in [2.75, 3.05) is 0 Å². The molecule has 0 radical (unpaired) electrons. The molecule has 1 atom stereocenters. The lowest BCUT2D eigenvalue weighted by Gasteiger charge is -2.14. The molecule has 2 rings (SSSR count). The summed E-state index contributed by atoms with van der Waals surface area (Å²) in [5.41, 5.74) is 0.476. The van der Waals surface area contributed by atoms with E-state index in [1.807, 2.05) is 0 Å². The summed E-state index contributed by atoms with van der Waals surface area (Å²) in [5.74, 6) is -2.19. The second-order valence-electron chi connectivity index (χ2n) is 3.97. The summed E-state index contributed by atoms with van der Waals surface area (Å²) >= 11 is 0. The van der Waals surface area contributed by atoms with Gasteiger partial charge in [-0.3, -0.25) is 4.79 Å². The number of amides is 1. The van der Waals surface area contributed by atoms with E-state index >= 15 is 0 Å². The number of carbonyl (C=O) groups is 1. The first-order valence-electron chi connectivity index (χ1n) is 5.51. The van der Waals surface area contributed by atoms with Crippen LogP contribution >= 0.6 is 0 Å². The molecular formula is C11H11F2N5O. The molecule has 19 heavy (non-hydrogen) atoms. The summed E-state index contributed by atoms with van der Waals surface area (Å²) in [6, 6.07) is 3.05. The number of benzene rings is 1. The van der Waals surface area contributed by atoms with Crippen molar-refractivity contribution in [3.05, 3.63) is 41.7 Å². The molecular weight excluding hydrogens is 256 g/mol. The summed E-state index contributed by atoms with van der Waals surface area (Å²) in [6.45, 7) is 1.63. The van der Waals surface area contributed by atoms with Crippen molar-refractivity contribution < 1.29 is 13.6 Å². The first-order valence-corrected chi connectivity index (χ1v) is 5.51. The third-order valence-electron chi connectivity index (χ3n) is 2.52. The first kappa shape index (κ1) is 13.1. The molecule has 0 aliphatic heterocycles. The zero-order valence-corrected chi connectivity index (χ0v) is 10.0. The predicted molar refractivity (Wildman–Crippen MR) is 60.7 cm³/mol. The second-order valence-corrected chi connectivity index (χ2v) is 3.97. The van der Waals surface area contributed by atoms with Gasteiger partial charge in [-0.15, -0.1) is 5.10 Å². The van der Waals surface area contributed by atoms with Crippen LogP contribution in [0, 0.1) is 11.6 Å². The van der Waals surface area contributed by atoms with Crippen molar-refractivity contribution in [1.82, 2.24) is 25.5 Å². The predicted octanol–water partition coefficient (Wildman–Crippen LogP) is 0.829. The van der Waals surface area contributed by atoms with Gasteiger partial charge >= 0.3 is 0 Å². The zero-order chi connectivity index (χ0) is 13.8. The van der Waals surface area contributed by atoms with Gasteiger partial charge in [0.1, 0.15) is 12.9 Å². The minimum absolute atomic E-state index is 0.0407. The monoisotopic (exact) mass is 267 g/mol. The van der Waals surface area contributed by atoms with E-state index in [1.54, 1.807) is 6.92 Å². The van der Waals surface area contributed by atoms with Crippen LogP contribution in [0.25, 0.3) is 0 Å². The number of rotatable bonds is 4. The fourth-order valence-electron chi connectivity index (χ4n) is 1.55. The standard InChI is InChI=1S/C11H11F2N5O/c1-7(8-2-3-9(12)10(13)4-8)15-11(19)5-18-6-14-16-17-18/h2-4,6-7H,5H2,1H3,(H,15,19)/t7-/m0/s1. The summed E-state index contributed by atoms with van der Waals surface area (Å²) in [4.78, 5) is 11.7. The van der Waals surface area contributed by atoms with Gasteiger partial charge in [-0.05, 0) is 35.0 Å². The highest BCUT2D eigenvalue weighted by Crippen LogP contribution is 2.15. The van der Waals surface area contributed by atoms with E-state index in [-0.39, 0.29) is 12.5 Å². The van der Waals surface area contributed by atoms with Crippen LogP contribution < -0.4 is 5.32 Å². The highest BCUT2D eigenvalue weighted by molar-refractivity contribution is 5.76. The van der Waals surface area contributed by atoms with Crippen LogP contribution in [0.3, 0.4) is 0 Å². The summed E-state index contributed by atoms with van der Waals surface area (Å²) < 4.78 is 27.1. The van der Waals surface area contributed by atoms with Gasteiger partial charge in [0.05, 0.1) is 6.04 Å². The Hall–Kier alpha value is -2.38. The Bertz CT molecular complexity index is 572. The molecule has 0 bridgehead atoms. The van der Waals surface area contributed by atoms with Crippen molar-refractivity contribution in [3.8, 4) is 0 Å². The van der Waals surface area contributed by atoms with E-state index < -0.39 is 17.7 Å². The van der Waals surface area contributed by atoms with E-state index in [0.29, 0.717) is 5.56 Å². The smallest absolute Gasteiger partial charge is 0.242 e. The topological polar surface area (TPSA) is 72.7 Å². The minimum Gasteiger partial charge on any atom is -0.348 e. The maximum Gasteiger partial charge on any atom is 0.242 e. The van der Waals surface area contributed by atoms with Gasteiger partial charge in [0, 0.05) is 0 Å². The number of carbonyl (C=O) groups excluding carboxylic acids is 1. The summed E-state index contributed by atoms with van der Waals surface area (Å²) in [6.07, 6.45) is 1.31. The molecule has 0 saturated carbocycles. The van der Waals surface area contributed by atoms with Crippen LogP contribution in [0.1, 0.15) is 18.5 Å². The van der Waals surface area contributed by atoms with Gasteiger partial charge in [-0.25, -0.2) is 13.5 Å². The van der Waals surface area contributed by atoms with Crippen molar-refractivity contribution in [1.29, 1.82) is 0 Å². The highest BCUT2D eigenvalue weighted by atomic mass is 19.2. The third kappa shape index (κ3) is 3.30. The molecule has 1 aromatic heterocycles. The van der Waals surface area contributed by atoms with Crippen molar-refractivity contribution in [2.24, 2.45) is 0 Å². The van der Waals surface area contributed by atoms with E-state index in [4.69, 9.17) is 0 Å². The molecule has 0 saturated heterocycles. The Balaban J connectivity index is 1.98. The van der Waals surface area contributed by atoms with E-state index in [9.17, 15) is 13.6 Å². The van der Waals surface area contributed by atoms with Gasteiger partial charge < -0.3 is 5.32 Å². The number of hydrogen-bond donors (Lipinski definition) is 1. The molecule has 0 aliphatic carbocycles. The normalized spacial score (nSPS) is 12.2. The molecule has 0 aliphatic rings. The fourth-order valence-corrected chi connectivity index (χ4v) is 1.55. The molecule has 8 heteroatoms. The van der Waals surface area contributed by atoms with Crippen LogP contribution in [0.15, 0.2) is 24.5 Å². The number of nitrogens with zero attached hydrogens (tertiary/aromatic N) is 4. The van der Waals surface area contributed by atoms with Gasteiger partial charge in [-0.2, -0.15) is 0 Å². The Morgan fingerprint density at radius 2 is 2.21 bits per heavy atom. The van der Waals surface area contributed by atoms with Crippen molar-refractivity contribution >= 4 is 5.91 Å². The van der Waals surface area contributed by atoms with Crippen LogP contribution in [0.4, 0.5) is 8.78 Å². The van der Waals surface area contributed by atoms with Crippen LogP contribution in [-0.2, 0) is 11.3 Å². The number of aromatic nitrogens is 4. The van der Waals surface area contributed by atoms with Crippen molar-refractivity contribution in [2.45, 2.75) is 19.5 Å². The molecule has 1 N–H and O–H groups in total. The van der Waals surface area contributed by atoms with Gasteiger partial charge in [0.25, 0.3) is 0 Å². The van der Waals surface area contributed by atoms with E-state index in [0.717, 1.165) is 12.1 Å². The molecule has 0 spiro atoms. The Morgan fingerprint density at radius 1 is 1.42 bits per heavy atom. The number of tetrazole rings is 1. The fraction of sp³-hybridized carbons (Fsp3) is 0.273. The summed E-state index contributed by atoms with van der Waals surface area (Å²) in [7, 11) is 0. The Morgan fingerprint density at radius 3 is 2.84 bits per heavy atom. The maximum atomic E-state index is 13.1. The second kappa shape index (κ2) is 5.51. The average Bonchev–Trinajstić information content (AvgIpc) is 2.85. The molecule has 1 aromatic carbocycles. The lowest BCUT2D eigenvalue weighted by atomic mass is 10.1. The molecule has 0 fully saturated rings. The minimum atomic E-state index is -0.945. The molecule has 1 heterocycles. The highest BCUT2D eigenvalue weighted by Gasteiger charge is 2.12. The lowest BCUT2D eigenvalue weighted by Crippen LogP contribution is -2.30. The first-order chi connectivity index (χ1) is 9.06. The average molecular weight is 267 g/mol. The third-order valence-corrected chi connectivity index (χ3v) is 2.52. The molecule has 2 aromatic rings. The number of nitrogens with one attached hydrogen (secondary N) is 1. The SMILES string of the molecule is C[C@H](NC(=O)Cn1cnnn1)c1ccc(F)c(F)c1. The summed E-state index contributed by atoms with van der Waals surface area (Å²) in [5, 5.41) is 13.0. The largest absolute Gasteiger partial charge is 0.348 e. The van der Waals surface area contributed by atoms with Gasteiger partial charge in [0.15, 0.2) is 11.6 Å². The number of hydrogen-bond acceptors (Lipinski definition) is 4. The lowest BCUT2D eigenvalue weighted by molar-refractivity contribution is -0.122. The van der Waals surface area contributed by atoms with Crippen LogP contribution in [0.5, 0.6) is 0 Å². The van der Waals surface area contributed by atoms with E-state index in [1.165, 1.54) is 17.1 Å². The molecule has 0 unspecified atom stereocenters. The Kier molecular flexibility index (Phi) is 3.79. The van der Waals surface area contributed by atoms with Crippen LogP contribution in [0.2, 0.25) is 0 Å². The van der Waals surface area contributed by atoms with E-state index in [2.05, 4.69) is 20.8 Å². The quantitative estimate of drug-likeness (QED) is 0.890. The molecule has 6 nitrogen and oxygen atoms in total. The zero-order valence-electron chi connectivity index (χ0n) is 10.0. The Labute approximate surface area is 107 Å². The maximum absolute atomic E-state index is 13.1. The molecule has 100 valence electrons. The number of halogens is 2.